The van der Waals surface area contributed by atoms with E-state index < -0.39 is 4.92 Å². The summed E-state index contributed by atoms with van der Waals surface area (Å²) >= 11 is 0. The molecule has 0 aromatic carbocycles. The summed E-state index contributed by atoms with van der Waals surface area (Å²) < 4.78 is 0. The van der Waals surface area contributed by atoms with Gasteiger partial charge < -0.3 is 10.2 Å². The molecule has 0 radical (unpaired) electrons. The van der Waals surface area contributed by atoms with Gasteiger partial charge in [0.2, 0.25) is 0 Å². The van der Waals surface area contributed by atoms with Crippen LogP contribution in [0.5, 0.6) is 0 Å². The van der Waals surface area contributed by atoms with Crippen LogP contribution in [0.15, 0.2) is 12.1 Å². The summed E-state index contributed by atoms with van der Waals surface area (Å²) in [5.74, 6) is 0.768. The average Bonchev–Trinajstić information content (AvgIpc) is 2.28. The molecule has 0 amide bonds. The number of aryl methyl sites for hydroxylation is 1. The Morgan fingerprint density at radius 3 is 2.76 bits per heavy atom. The summed E-state index contributed by atoms with van der Waals surface area (Å²) in [6.07, 6.45) is 1.00. The highest BCUT2D eigenvalue weighted by atomic mass is 16.6. The highest BCUT2D eigenvalue weighted by Crippen LogP contribution is 2.19. The maximum Gasteiger partial charge on any atom is 0.290 e. The molecular weight excluding hydrogens is 220 g/mol. The number of aromatic nitrogens is 1. The second-order valence-corrected chi connectivity index (χ2v) is 3.91. The van der Waals surface area contributed by atoms with Crippen LogP contribution < -0.4 is 10.2 Å². The zero-order valence-corrected chi connectivity index (χ0v) is 10.4. The lowest BCUT2D eigenvalue weighted by Crippen LogP contribution is -2.23. The first-order valence-electron chi connectivity index (χ1n) is 5.54. The van der Waals surface area contributed by atoms with Gasteiger partial charge in [0, 0.05) is 19.7 Å². The first-order chi connectivity index (χ1) is 8.06. The van der Waals surface area contributed by atoms with Crippen molar-refractivity contribution in [3.63, 3.8) is 0 Å². The van der Waals surface area contributed by atoms with Crippen molar-refractivity contribution in [3.8, 4) is 0 Å². The van der Waals surface area contributed by atoms with Crippen LogP contribution in [-0.2, 0) is 0 Å². The van der Waals surface area contributed by atoms with Gasteiger partial charge >= 0.3 is 0 Å². The topological polar surface area (TPSA) is 71.3 Å². The minimum absolute atomic E-state index is 0.0670. The van der Waals surface area contributed by atoms with Crippen molar-refractivity contribution in [2.45, 2.75) is 13.3 Å². The molecule has 1 aromatic heterocycles. The number of anilines is 1. The molecule has 0 unspecified atom stereocenters. The van der Waals surface area contributed by atoms with Gasteiger partial charge in [0.25, 0.3) is 5.69 Å². The van der Waals surface area contributed by atoms with Crippen molar-refractivity contribution in [1.82, 2.24) is 10.3 Å². The second kappa shape index (κ2) is 6.15. The molecule has 0 saturated carbocycles. The van der Waals surface area contributed by atoms with E-state index in [9.17, 15) is 10.1 Å². The fraction of sp³-hybridized carbons (Fsp3) is 0.545. The van der Waals surface area contributed by atoms with E-state index in [0.717, 1.165) is 25.3 Å². The summed E-state index contributed by atoms with van der Waals surface area (Å²) in [7, 11) is 3.84. The summed E-state index contributed by atoms with van der Waals surface area (Å²) in [6, 6.07) is 3.19. The summed E-state index contributed by atoms with van der Waals surface area (Å²) in [5, 5.41) is 13.7. The number of rotatable bonds is 6. The van der Waals surface area contributed by atoms with E-state index in [1.807, 2.05) is 19.0 Å². The van der Waals surface area contributed by atoms with Crippen LogP contribution in [-0.4, -0.2) is 37.1 Å². The lowest BCUT2D eigenvalue weighted by molar-refractivity contribution is -0.385. The number of hydrogen-bond donors (Lipinski definition) is 1. The van der Waals surface area contributed by atoms with Gasteiger partial charge in [-0.2, -0.15) is 0 Å². The molecule has 0 aliphatic heterocycles. The third-order valence-electron chi connectivity index (χ3n) is 2.55. The molecule has 0 aliphatic carbocycles. The summed E-state index contributed by atoms with van der Waals surface area (Å²) in [6.45, 7) is 3.46. The molecule has 1 aromatic rings. The Morgan fingerprint density at radius 1 is 1.53 bits per heavy atom. The van der Waals surface area contributed by atoms with Crippen LogP contribution in [0.2, 0.25) is 0 Å². The highest BCUT2D eigenvalue weighted by Gasteiger charge is 2.13. The Kier molecular flexibility index (Phi) is 4.84. The van der Waals surface area contributed by atoms with Gasteiger partial charge in [0.1, 0.15) is 11.5 Å². The molecule has 6 heteroatoms. The van der Waals surface area contributed by atoms with Gasteiger partial charge in [0.15, 0.2) is 0 Å². The van der Waals surface area contributed by atoms with Gasteiger partial charge in [-0.05, 0) is 33.0 Å². The highest BCUT2D eigenvalue weighted by molar-refractivity contribution is 5.46. The number of nitrogens with zero attached hydrogens (tertiary/aromatic N) is 3. The molecule has 0 spiro atoms. The normalized spacial score (nSPS) is 10.3. The second-order valence-electron chi connectivity index (χ2n) is 3.91. The molecule has 6 nitrogen and oxygen atoms in total. The molecule has 0 saturated heterocycles. The summed E-state index contributed by atoms with van der Waals surface area (Å²) in [4.78, 5) is 16.5. The smallest absolute Gasteiger partial charge is 0.290 e. The molecule has 0 fully saturated rings. The van der Waals surface area contributed by atoms with Crippen LogP contribution in [0.3, 0.4) is 0 Å². The van der Waals surface area contributed by atoms with Crippen molar-refractivity contribution >= 4 is 11.5 Å². The van der Waals surface area contributed by atoms with Gasteiger partial charge in [-0.3, -0.25) is 10.1 Å². The van der Waals surface area contributed by atoms with Crippen LogP contribution in [0, 0.1) is 17.0 Å². The van der Waals surface area contributed by atoms with Crippen LogP contribution in [0.25, 0.3) is 0 Å². The zero-order chi connectivity index (χ0) is 12.8. The van der Waals surface area contributed by atoms with E-state index in [1.165, 1.54) is 6.07 Å². The van der Waals surface area contributed by atoms with Crippen LogP contribution in [0.1, 0.15) is 12.1 Å². The standard InChI is InChI=1S/C11H18N4O2/c1-9-10(15(16)17)5-6-11(13-9)14(3)8-4-7-12-2/h5-6,12H,4,7-8H2,1-3H3. The molecule has 17 heavy (non-hydrogen) atoms. The van der Waals surface area contributed by atoms with Crippen molar-refractivity contribution < 1.29 is 4.92 Å². The van der Waals surface area contributed by atoms with Crippen molar-refractivity contribution in [3.05, 3.63) is 27.9 Å². The minimum atomic E-state index is -0.410. The predicted octanol–water partition coefficient (Wildman–Crippen LogP) is 1.34. The number of hydrogen-bond acceptors (Lipinski definition) is 5. The molecule has 1 heterocycles. The average molecular weight is 238 g/mol. The molecule has 0 bridgehead atoms. The van der Waals surface area contributed by atoms with Crippen LogP contribution in [0.4, 0.5) is 11.5 Å². The van der Waals surface area contributed by atoms with Crippen LogP contribution >= 0.6 is 0 Å². The molecule has 0 aliphatic rings. The third-order valence-corrected chi connectivity index (χ3v) is 2.55. The van der Waals surface area contributed by atoms with E-state index in [1.54, 1.807) is 13.0 Å². The Balaban J connectivity index is 2.72. The van der Waals surface area contributed by atoms with E-state index >= 15 is 0 Å². The van der Waals surface area contributed by atoms with Gasteiger partial charge in [0.05, 0.1) is 4.92 Å². The summed E-state index contributed by atoms with van der Waals surface area (Å²) in [5.41, 5.74) is 0.519. The largest absolute Gasteiger partial charge is 0.360 e. The first-order valence-corrected chi connectivity index (χ1v) is 5.54. The number of pyridine rings is 1. The number of nitro groups is 1. The zero-order valence-electron chi connectivity index (χ0n) is 10.4. The monoisotopic (exact) mass is 238 g/mol. The number of nitrogens with one attached hydrogen (secondary N) is 1. The van der Waals surface area contributed by atoms with Gasteiger partial charge in [-0.15, -0.1) is 0 Å². The fourth-order valence-electron chi connectivity index (χ4n) is 1.55. The van der Waals surface area contributed by atoms with Gasteiger partial charge in [-0.25, -0.2) is 4.98 Å². The van der Waals surface area contributed by atoms with E-state index in [-0.39, 0.29) is 5.69 Å². The minimum Gasteiger partial charge on any atom is -0.360 e. The Morgan fingerprint density at radius 2 is 2.24 bits per heavy atom. The van der Waals surface area contributed by atoms with Crippen molar-refractivity contribution in [2.75, 3.05) is 32.1 Å². The van der Waals surface area contributed by atoms with E-state index in [0.29, 0.717) is 5.69 Å². The Labute approximate surface area is 101 Å². The third kappa shape index (κ3) is 3.67. The maximum absolute atomic E-state index is 10.7. The first kappa shape index (κ1) is 13.4. The Hall–Kier alpha value is -1.69. The molecule has 0 atom stereocenters. The quantitative estimate of drug-likeness (QED) is 0.460. The Bertz CT molecular complexity index is 395. The predicted molar refractivity (Wildman–Crippen MR) is 67.4 cm³/mol. The SMILES string of the molecule is CNCCCN(C)c1ccc([N+](=O)[O-])c(C)n1. The van der Waals surface area contributed by atoms with E-state index in [4.69, 9.17) is 0 Å². The fourth-order valence-corrected chi connectivity index (χ4v) is 1.55. The van der Waals surface area contributed by atoms with Crippen molar-refractivity contribution in [2.24, 2.45) is 0 Å². The molecule has 1 N–H and O–H groups in total. The van der Waals surface area contributed by atoms with Crippen molar-refractivity contribution in [1.29, 1.82) is 0 Å². The lowest BCUT2D eigenvalue weighted by atomic mass is 10.3. The molecule has 94 valence electrons. The molecule has 1 rings (SSSR count). The molecular formula is C11H18N4O2. The lowest BCUT2D eigenvalue weighted by Gasteiger charge is -2.18. The van der Waals surface area contributed by atoms with Gasteiger partial charge in [-0.1, -0.05) is 0 Å². The maximum atomic E-state index is 10.7. The van der Waals surface area contributed by atoms with E-state index in [2.05, 4.69) is 10.3 Å².